The Labute approximate surface area is 81.2 Å². The zero-order valence-corrected chi connectivity index (χ0v) is 7.80. The van der Waals surface area contributed by atoms with Crippen molar-refractivity contribution in [3.8, 4) is 0 Å². The van der Waals surface area contributed by atoms with Crippen molar-refractivity contribution >= 4 is 11.9 Å². The van der Waals surface area contributed by atoms with E-state index in [2.05, 4.69) is 0 Å². The third-order valence-corrected chi connectivity index (χ3v) is 2.80. The van der Waals surface area contributed by atoms with Gasteiger partial charge in [-0.3, -0.25) is 9.69 Å². The Balaban J connectivity index is 2.32. The fraction of sp³-hybridized carbons (Fsp3) is 0.556. The summed E-state index contributed by atoms with van der Waals surface area (Å²) in [5.74, 6) is -1.17. The first-order valence-corrected chi connectivity index (χ1v) is 4.56. The molecule has 3 N–H and O–H groups in total. The molecule has 0 aromatic carbocycles. The number of hydrogen-bond donors (Lipinski definition) is 2. The monoisotopic (exact) mass is 196 g/mol. The highest BCUT2D eigenvalue weighted by atomic mass is 16.4. The Kier molecular flexibility index (Phi) is 1.85. The highest BCUT2D eigenvalue weighted by molar-refractivity contribution is 5.99. The molecular formula is C9H12N2O3. The molecule has 2 heterocycles. The molecule has 0 radical (unpaired) electrons. The lowest BCUT2D eigenvalue weighted by atomic mass is 9.83. The lowest BCUT2D eigenvalue weighted by Crippen LogP contribution is -2.69. The van der Waals surface area contributed by atoms with Gasteiger partial charge in [0.2, 0.25) is 5.91 Å². The normalized spacial score (nSPS) is 35.9. The molecule has 5 nitrogen and oxygen atoms in total. The van der Waals surface area contributed by atoms with Crippen LogP contribution in [0, 0.1) is 5.92 Å². The van der Waals surface area contributed by atoms with Crippen molar-refractivity contribution in [2.45, 2.75) is 25.4 Å². The highest BCUT2D eigenvalue weighted by Gasteiger charge is 2.50. The third-order valence-electron chi connectivity index (χ3n) is 2.80. The summed E-state index contributed by atoms with van der Waals surface area (Å²) in [4.78, 5) is 23.5. The molecule has 2 aliphatic rings. The number of nitrogens with zero attached hydrogens (tertiary/aromatic N) is 1. The topological polar surface area (TPSA) is 83.6 Å². The van der Waals surface area contributed by atoms with E-state index in [0.717, 1.165) is 6.42 Å². The van der Waals surface area contributed by atoms with Crippen molar-refractivity contribution in [1.82, 2.24) is 4.90 Å². The van der Waals surface area contributed by atoms with Gasteiger partial charge in [-0.2, -0.15) is 0 Å². The zero-order chi connectivity index (χ0) is 10.5. The molecule has 1 saturated heterocycles. The molecule has 14 heavy (non-hydrogen) atoms. The van der Waals surface area contributed by atoms with Crippen molar-refractivity contribution in [2.75, 3.05) is 0 Å². The Morgan fingerprint density at radius 3 is 2.93 bits per heavy atom. The number of β-lactam (4-membered cyclic amide) rings is 1. The van der Waals surface area contributed by atoms with Gasteiger partial charge in [0.05, 0.1) is 6.04 Å². The van der Waals surface area contributed by atoms with Crippen LogP contribution in [-0.2, 0) is 9.59 Å². The minimum absolute atomic E-state index is 0.0838. The summed E-state index contributed by atoms with van der Waals surface area (Å²) >= 11 is 0. The third kappa shape index (κ3) is 1.05. The summed E-state index contributed by atoms with van der Waals surface area (Å²) in [7, 11) is 0. The van der Waals surface area contributed by atoms with E-state index in [1.54, 1.807) is 6.08 Å². The second-order valence-electron chi connectivity index (χ2n) is 3.87. The van der Waals surface area contributed by atoms with E-state index in [0.29, 0.717) is 0 Å². The number of nitrogens with two attached hydrogens (primary N) is 1. The van der Waals surface area contributed by atoms with Crippen LogP contribution in [-0.4, -0.2) is 34.0 Å². The van der Waals surface area contributed by atoms with Crippen LogP contribution in [0.2, 0.25) is 0 Å². The molecule has 0 bridgehead atoms. The molecule has 1 fully saturated rings. The SMILES string of the molecule is C[C@H]1C=C(C(=O)O)N2C(=O)[C@H](N)[C@@H]2C1. The quantitative estimate of drug-likeness (QED) is 0.555. The van der Waals surface area contributed by atoms with E-state index >= 15 is 0 Å². The van der Waals surface area contributed by atoms with E-state index in [1.165, 1.54) is 4.90 Å². The number of rotatable bonds is 1. The summed E-state index contributed by atoms with van der Waals surface area (Å²) in [5.41, 5.74) is 5.67. The highest BCUT2D eigenvalue weighted by Crippen LogP contribution is 2.34. The van der Waals surface area contributed by atoms with Gasteiger partial charge in [-0.05, 0) is 12.3 Å². The van der Waals surface area contributed by atoms with Crippen LogP contribution in [0.25, 0.3) is 0 Å². The van der Waals surface area contributed by atoms with E-state index < -0.39 is 12.0 Å². The molecule has 1 amide bonds. The zero-order valence-electron chi connectivity index (χ0n) is 7.80. The first-order chi connectivity index (χ1) is 6.52. The minimum atomic E-state index is -1.05. The minimum Gasteiger partial charge on any atom is -0.477 e. The lowest BCUT2D eigenvalue weighted by molar-refractivity contribution is -0.153. The van der Waals surface area contributed by atoms with Crippen molar-refractivity contribution < 1.29 is 14.7 Å². The van der Waals surface area contributed by atoms with E-state index in [9.17, 15) is 9.59 Å². The maximum atomic E-state index is 11.3. The smallest absolute Gasteiger partial charge is 0.352 e. The molecule has 0 spiro atoms. The molecule has 5 heteroatoms. The number of hydrogen-bond acceptors (Lipinski definition) is 3. The molecule has 2 aliphatic heterocycles. The van der Waals surface area contributed by atoms with Gasteiger partial charge >= 0.3 is 5.97 Å². The Bertz CT molecular complexity index is 337. The predicted molar refractivity (Wildman–Crippen MR) is 48.1 cm³/mol. The summed E-state index contributed by atoms with van der Waals surface area (Å²) in [6, 6.07) is -0.630. The van der Waals surface area contributed by atoms with Crippen molar-refractivity contribution in [3.05, 3.63) is 11.8 Å². The molecule has 0 saturated carbocycles. The molecular weight excluding hydrogens is 184 g/mol. The van der Waals surface area contributed by atoms with Crippen LogP contribution in [0.4, 0.5) is 0 Å². The van der Waals surface area contributed by atoms with Crippen LogP contribution in [0.3, 0.4) is 0 Å². The molecule has 2 rings (SSSR count). The van der Waals surface area contributed by atoms with Crippen LogP contribution >= 0.6 is 0 Å². The average Bonchev–Trinajstić information content (AvgIpc) is 2.15. The average molecular weight is 196 g/mol. The molecule has 3 atom stereocenters. The summed E-state index contributed by atoms with van der Waals surface area (Å²) in [6.45, 7) is 1.93. The maximum absolute atomic E-state index is 11.3. The molecule has 0 aromatic heterocycles. The number of fused-ring (bicyclic) bond motifs is 1. The first kappa shape index (κ1) is 9.21. The van der Waals surface area contributed by atoms with E-state index in [4.69, 9.17) is 10.8 Å². The van der Waals surface area contributed by atoms with Gasteiger partial charge in [-0.15, -0.1) is 0 Å². The second kappa shape index (κ2) is 2.81. The molecule has 0 unspecified atom stereocenters. The van der Waals surface area contributed by atoms with E-state index in [1.807, 2.05) is 6.92 Å². The van der Waals surface area contributed by atoms with Crippen LogP contribution in [0.15, 0.2) is 11.8 Å². The van der Waals surface area contributed by atoms with Gasteiger partial charge in [-0.1, -0.05) is 13.0 Å². The van der Waals surface area contributed by atoms with E-state index in [-0.39, 0.29) is 23.6 Å². The van der Waals surface area contributed by atoms with Crippen molar-refractivity contribution in [3.63, 3.8) is 0 Å². The number of allylic oxidation sites excluding steroid dienone is 1. The standard InChI is InChI=1S/C9H12N2O3/c1-4-2-5-7(10)8(12)11(5)6(3-4)9(13)14/h3-5,7H,2,10H2,1H3,(H,13,14)/t4-,5+,7-/m1/s1. The Morgan fingerprint density at radius 2 is 2.36 bits per heavy atom. The van der Waals surface area contributed by atoms with Gasteiger partial charge < -0.3 is 10.8 Å². The number of aliphatic carboxylic acids is 1. The lowest BCUT2D eigenvalue weighted by Gasteiger charge is -2.48. The fourth-order valence-electron chi connectivity index (χ4n) is 2.09. The second-order valence-corrected chi connectivity index (χ2v) is 3.87. The van der Waals surface area contributed by atoms with Crippen LogP contribution < -0.4 is 5.73 Å². The van der Waals surface area contributed by atoms with Crippen molar-refractivity contribution in [1.29, 1.82) is 0 Å². The number of carbonyl (C=O) groups is 2. The van der Waals surface area contributed by atoms with Crippen molar-refractivity contribution in [2.24, 2.45) is 11.7 Å². The Morgan fingerprint density at radius 1 is 1.71 bits per heavy atom. The van der Waals surface area contributed by atoms with Crippen LogP contribution in [0.1, 0.15) is 13.3 Å². The largest absolute Gasteiger partial charge is 0.477 e. The number of amides is 1. The number of carboxylic acid groups (broad SMARTS) is 1. The summed E-state index contributed by atoms with van der Waals surface area (Å²) in [5, 5.41) is 8.88. The molecule has 76 valence electrons. The predicted octanol–water partition coefficient (Wildman–Crippen LogP) is -0.467. The number of carbonyl (C=O) groups excluding carboxylic acids is 1. The van der Waals surface area contributed by atoms with Gasteiger partial charge in [-0.25, -0.2) is 4.79 Å². The van der Waals surface area contributed by atoms with Gasteiger partial charge in [0.1, 0.15) is 11.7 Å². The van der Waals surface area contributed by atoms with Gasteiger partial charge in [0.15, 0.2) is 0 Å². The Hall–Kier alpha value is -1.36. The van der Waals surface area contributed by atoms with Gasteiger partial charge in [0.25, 0.3) is 0 Å². The maximum Gasteiger partial charge on any atom is 0.352 e. The number of carboxylic acids is 1. The fourth-order valence-corrected chi connectivity index (χ4v) is 2.09. The summed E-state index contributed by atoms with van der Waals surface area (Å²) in [6.07, 6.45) is 2.37. The summed E-state index contributed by atoms with van der Waals surface area (Å²) < 4.78 is 0. The van der Waals surface area contributed by atoms with Crippen LogP contribution in [0.5, 0.6) is 0 Å². The van der Waals surface area contributed by atoms with Gasteiger partial charge in [0, 0.05) is 0 Å². The molecule has 0 aliphatic carbocycles. The molecule has 0 aromatic rings. The first-order valence-electron chi connectivity index (χ1n) is 4.56.